The van der Waals surface area contributed by atoms with Gasteiger partial charge >= 0.3 is 5.97 Å². The van der Waals surface area contributed by atoms with E-state index in [1.165, 1.54) is 114 Å². The van der Waals surface area contributed by atoms with Gasteiger partial charge in [0.25, 0.3) is 0 Å². The maximum atomic E-state index is 12.8. The van der Waals surface area contributed by atoms with Crippen LogP contribution in [0.1, 0.15) is 124 Å². The topological polar surface area (TPSA) is 54.4 Å². The summed E-state index contributed by atoms with van der Waals surface area (Å²) in [4.78, 5) is 25.1. The minimum absolute atomic E-state index is 0.228. The highest BCUT2D eigenvalue weighted by atomic mass is 32.1. The van der Waals surface area contributed by atoms with Gasteiger partial charge in [0.05, 0.1) is 4.88 Å². The van der Waals surface area contributed by atoms with Gasteiger partial charge in [-0.05, 0) is 24.1 Å². The highest BCUT2D eigenvalue weighted by Gasteiger charge is 2.16. The Morgan fingerprint density at radius 2 is 1.27 bits per heavy atom. The van der Waals surface area contributed by atoms with E-state index < -0.39 is 5.97 Å². The maximum absolute atomic E-state index is 12.8. The van der Waals surface area contributed by atoms with Crippen LogP contribution in [-0.4, -0.2) is 16.9 Å². The fourth-order valence-electron chi connectivity index (χ4n) is 4.44. The molecule has 2 rings (SSSR count). The van der Waals surface area contributed by atoms with Crippen LogP contribution in [0.5, 0.6) is 0 Å². The lowest BCUT2D eigenvalue weighted by atomic mass is 9.89. The van der Waals surface area contributed by atoms with Gasteiger partial charge in [-0.25, -0.2) is 4.79 Å². The molecule has 0 bridgehead atoms. The summed E-state index contributed by atoms with van der Waals surface area (Å²) in [5.41, 5.74) is 0. The summed E-state index contributed by atoms with van der Waals surface area (Å²) in [6.07, 6.45) is 24.6. The third kappa shape index (κ3) is 11.1. The van der Waals surface area contributed by atoms with Crippen LogP contribution in [0.2, 0.25) is 0 Å². The van der Waals surface area contributed by atoms with Crippen LogP contribution in [0.3, 0.4) is 0 Å². The molecule has 1 N–H and O–H groups in total. The summed E-state index contributed by atoms with van der Waals surface area (Å²) in [7, 11) is 0. The first-order valence-corrected chi connectivity index (χ1v) is 13.0. The second kappa shape index (κ2) is 15.4. The second-order valence-corrected chi connectivity index (χ2v) is 10.0. The quantitative estimate of drug-likeness (QED) is 0.376. The van der Waals surface area contributed by atoms with Crippen LogP contribution in [0.25, 0.3) is 6.08 Å². The average molecular weight is 433 g/mol. The monoisotopic (exact) mass is 432 g/mol. The van der Waals surface area contributed by atoms with Crippen molar-refractivity contribution in [2.75, 3.05) is 0 Å². The zero-order valence-electron chi connectivity index (χ0n) is 18.6. The molecule has 1 saturated carbocycles. The smallest absolute Gasteiger partial charge is 0.328 e. The zero-order chi connectivity index (χ0) is 21.4. The molecule has 1 aromatic heterocycles. The predicted octanol–water partition coefficient (Wildman–Crippen LogP) is 8.29. The summed E-state index contributed by atoms with van der Waals surface area (Å²) >= 11 is 1.41. The van der Waals surface area contributed by atoms with Gasteiger partial charge in [-0.3, -0.25) is 4.79 Å². The lowest BCUT2D eigenvalue weighted by Gasteiger charge is -2.16. The molecular weight excluding hydrogens is 392 g/mol. The van der Waals surface area contributed by atoms with E-state index in [1.807, 2.05) is 12.1 Å². The van der Waals surface area contributed by atoms with Crippen LogP contribution >= 0.6 is 11.3 Å². The molecular formula is C26H40O3S. The van der Waals surface area contributed by atoms with Gasteiger partial charge in [0.1, 0.15) is 0 Å². The SMILES string of the molecule is O=C(O)/C=C/c1ccc(C(=O)CC2CCCCCCCCCCCCCCCC2)s1. The number of carboxylic acid groups (broad SMARTS) is 1. The first-order chi connectivity index (χ1) is 14.6. The van der Waals surface area contributed by atoms with Crippen molar-refractivity contribution >= 4 is 29.2 Å². The van der Waals surface area contributed by atoms with Crippen molar-refractivity contribution in [1.82, 2.24) is 0 Å². The maximum Gasteiger partial charge on any atom is 0.328 e. The number of carbonyl (C=O) groups is 2. The number of hydrogen-bond donors (Lipinski definition) is 1. The summed E-state index contributed by atoms with van der Waals surface area (Å²) in [6, 6.07) is 3.70. The number of rotatable bonds is 5. The van der Waals surface area contributed by atoms with E-state index in [-0.39, 0.29) is 5.78 Å². The molecule has 1 aliphatic rings. The Kier molecular flexibility index (Phi) is 12.7. The number of Topliss-reactive ketones (excluding diaryl/α,β-unsaturated/α-hetero) is 1. The van der Waals surface area contributed by atoms with Crippen LogP contribution in [0, 0.1) is 5.92 Å². The Balaban J connectivity index is 1.84. The highest BCUT2D eigenvalue weighted by molar-refractivity contribution is 7.14. The van der Waals surface area contributed by atoms with Crippen LogP contribution in [0.4, 0.5) is 0 Å². The van der Waals surface area contributed by atoms with Gasteiger partial charge in [-0.15, -0.1) is 11.3 Å². The van der Waals surface area contributed by atoms with E-state index in [4.69, 9.17) is 5.11 Å². The molecule has 0 aliphatic heterocycles. The minimum Gasteiger partial charge on any atom is -0.478 e. The van der Waals surface area contributed by atoms with Crippen molar-refractivity contribution in [2.24, 2.45) is 5.92 Å². The minimum atomic E-state index is -0.960. The van der Waals surface area contributed by atoms with E-state index >= 15 is 0 Å². The van der Waals surface area contributed by atoms with E-state index in [0.717, 1.165) is 15.8 Å². The van der Waals surface area contributed by atoms with E-state index in [9.17, 15) is 9.59 Å². The standard InChI is InChI=1S/C26H40O3S/c27-24(25-19-17-23(30-25)18-20-26(28)29)21-22-15-13-11-9-7-5-3-1-2-4-6-8-10-12-14-16-22/h17-20,22H,1-16,21H2,(H,28,29)/b20-18+. The molecule has 3 nitrogen and oxygen atoms in total. The Hall–Kier alpha value is -1.42. The third-order valence-electron chi connectivity index (χ3n) is 6.24. The normalized spacial score (nSPS) is 19.5. The van der Waals surface area contributed by atoms with Crippen molar-refractivity contribution in [3.63, 3.8) is 0 Å². The lowest BCUT2D eigenvalue weighted by molar-refractivity contribution is -0.131. The number of thiophene rings is 1. The largest absolute Gasteiger partial charge is 0.478 e. The van der Waals surface area contributed by atoms with Gasteiger partial charge in [-0.2, -0.15) is 0 Å². The summed E-state index contributed by atoms with van der Waals surface area (Å²) in [6.45, 7) is 0. The molecule has 0 aromatic carbocycles. The Labute approximate surface area is 187 Å². The molecule has 0 amide bonds. The molecule has 30 heavy (non-hydrogen) atoms. The van der Waals surface area contributed by atoms with Crippen LogP contribution < -0.4 is 0 Å². The average Bonchev–Trinajstić information content (AvgIpc) is 3.20. The predicted molar refractivity (Wildman–Crippen MR) is 127 cm³/mol. The lowest BCUT2D eigenvalue weighted by Crippen LogP contribution is -2.08. The first kappa shape index (κ1) is 24.8. The first-order valence-electron chi connectivity index (χ1n) is 12.2. The summed E-state index contributed by atoms with van der Waals surface area (Å²) in [5.74, 6) is -0.239. The third-order valence-corrected chi connectivity index (χ3v) is 7.33. The molecule has 4 heteroatoms. The number of carboxylic acids is 1. The molecule has 0 atom stereocenters. The zero-order valence-corrected chi connectivity index (χ0v) is 19.4. The van der Waals surface area contributed by atoms with Crippen molar-refractivity contribution in [2.45, 2.75) is 109 Å². The summed E-state index contributed by atoms with van der Waals surface area (Å²) < 4.78 is 0. The van der Waals surface area contributed by atoms with Crippen LogP contribution in [-0.2, 0) is 4.79 Å². The van der Waals surface area contributed by atoms with Crippen molar-refractivity contribution in [3.05, 3.63) is 28.0 Å². The fraction of sp³-hybridized carbons (Fsp3) is 0.692. The van der Waals surface area contributed by atoms with Gasteiger partial charge in [-0.1, -0.05) is 103 Å². The van der Waals surface area contributed by atoms with Gasteiger partial charge in [0, 0.05) is 17.4 Å². The van der Waals surface area contributed by atoms with Gasteiger partial charge in [0.15, 0.2) is 5.78 Å². The van der Waals surface area contributed by atoms with Crippen molar-refractivity contribution in [1.29, 1.82) is 0 Å². The number of aliphatic carboxylic acids is 1. The van der Waals surface area contributed by atoms with E-state index in [2.05, 4.69) is 0 Å². The molecule has 1 aliphatic carbocycles. The molecule has 1 aromatic rings. The molecule has 0 unspecified atom stereocenters. The molecule has 0 radical (unpaired) electrons. The van der Waals surface area contributed by atoms with Crippen molar-refractivity contribution in [3.8, 4) is 0 Å². The molecule has 1 fully saturated rings. The molecule has 168 valence electrons. The Morgan fingerprint density at radius 3 is 1.73 bits per heavy atom. The van der Waals surface area contributed by atoms with Gasteiger partial charge < -0.3 is 5.11 Å². The van der Waals surface area contributed by atoms with E-state index in [0.29, 0.717) is 12.3 Å². The van der Waals surface area contributed by atoms with Crippen molar-refractivity contribution < 1.29 is 14.7 Å². The second-order valence-electron chi connectivity index (χ2n) is 8.89. The van der Waals surface area contributed by atoms with Gasteiger partial charge in [0.2, 0.25) is 0 Å². The fourth-order valence-corrected chi connectivity index (χ4v) is 5.30. The number of hydrogen-bond acceptors (Lipinski definition) is 3. The Bertz CT molecular complexity index is 628. The van der Waals surface area contributed by atoms with Crippen LogP contribution in [0.15, 0.2) is 18.2 Å². The molecule has 0 saturated heterocycles. The van der Waals surface area contributed by atoms with E-state index in [1.54, 1.807) is 6.08 Å². The highest BCUT2D eigenvalue weighted by Crippen LogP contribution is 2.27. The Morgan fingerprint density at radius 1 is 0.800 bits per heavy atom. The number of ketones is 1. The molecule has 0 spiro atoms. The number of carbonyl (C=O) groups excluding carboxylic acids is 1. The summed E-state index contributed by atoms with van der Waals surface area (Å²) in [5, 5.41) is 8.76. The molecule has 1 heterocycles.